The van der Waals surface area contributed by atoms with Crippen molar-refractivity contribution >= 4 is 67.9 Å². The maximum absolute atomic E-state index is 13.6. The van der Waals surface area contributed by atoms with Crippen molar-refractivity contribution < 1.29 is 14.4 Å². The summed E-state index contributed by atoms with van der Waals surface area (Å²) in [6, 6.07) is 39.8. The topological polar surface area (TPSA) is 100 Å². The Morgan fingerprint density at radius 1 is 0.771 bits per heavy atom. The SMILES string of the molecule is Cc1ccc2nc(NC(=O)C(C)Sc3cccc(NC(=O)/C(=C\c4ccc(-c5ccccc5)cc4)NC(=O)c4ccccc4)c3)sc2c1. The zero-order valence-corrected chi connectivity index (χ0v) is 27.9. The minimum Gasteiger partial charge on any atom is -0.321 e. The Hall–Kier alpha value is -5.51. The zero-order valence-electron chi connectivity index (χ0n) is 26.3. The second-order valence-corrected chi connectivity index (χ2v) is 13.5. The molecule has 0 radical (unpaired) electrons. The molecular weight excluding hydrogens is 637 g/mol. The van der Waals surface area contributed by atoms with E-state index in [4.69, 9.17) is 0 Å². The Labute approximate surface area is 287 Å². The van der Waals surface area contributed by atoms with E-state index in [1.54, 1.807) is 42.5 Å². The maximum Gasteiger partial charge on any atom is 0.272 e. The summed E-state index contributed by atoms with van der Waals surface area (Å²) in [6.45, 7) is 3.85. The fourth-order valence-corrected chi connectivity index (χ4v) is 6.80. The van der Waals surface area contributed by atoms with Gasteiger partial charge in [0.15, 0.2) is 5.13 Å². The summed E-state index contributed by atoms with van der Waals surface area (Å²) >= 11 is 2.81. The molecule has 9 heteroatoms. The van der Waals surface area contributed by atoms with Crippen LogP contribution in [0.5, 0.6) is 0 Å². The van der Waals surface area contributed by atoms with E-state index in [1.165, 1.54) is 23.1 Å². The monoisotopic (exact) mass is 668 g/mol. The molecule has 0 fully saturated rings. The van der Waals surface area contributed by atoms with Crippen LogP contribution in [0.4, 0.5) is 10.8 Å². The van der Waals surface area contributed by atoms with Crippen LogP contribution in [0.3, 0.4) is 0 Å². The average Bonchev–Trinajstić information content (AvgIpc) is 3.50. The van der Waals surface area contributed by atoms with Crippen molar-refractivity contribution in [2.24, 2.45) is 0 Å². The van der Waals surface area contributed by atoms with Gasteiger partial charge in [-0.15, -0.1) is 11.8 Å². The first-order valence-corrected chi connectivity index (χ1v) is 17.0. The third kappa shape index (κ3) is 8.25. The Bertz CT molecular complexity index is 2110. The van der Waals surface area contributed by atoms with Crippen LogP contribution >= 0.6 is 23.1 Å². The minimum atomic E-state index is -0.481. The van der Waals surface area contributed by atoms with E-state index in [9.17, 15) is 14.4 Å². The second kappa shape index (κ2) is 14.9. The number of aryl methyl sites for hydroxylation is 1. The van der Waals surface area contributed by atoms with Gasteiger partial charge >= 0.3 is 0 Å². The van der Waals surface area contributed by atoms with Crippen LogP contribution in [0.25, 0.3) is 27.4 Å². The van der Waals surface area contributed by atoms with Gasteiger partial charge in [0.25, 0.3) is 11.8 Å². The fraction of sp³-hybridized carbons (Fsp3) is 0.0769. The molecule has 1 aromatic heterocycles. The van der Waals surface area contributed by atoms with Crippen LogP contribution in [0.2, 0.25) is 0 Å². The summed E-state index contributed by atoms with van der Waals surface area (Å²) in [6.07, 6.45) is 1.65. The molecular formula is C39H32N4O3S2. The number of amides is 3. The van der Waals surface area contributed by atoms with E-state index in [0.717, 1.165) is 37.4 Å². The molecule has 0 bridgehead atoms. The highest BCUT2D eigenvalue weighted by Crippen LogP contribution is 2.30. The molecule has 1 atom stereocenters. The minimum absolute atomic E-state index is 0.0909. The van der Waals surface area contributed by atoms with Crippen molar-refractivity contribution in [2.75, 3.05) is 10.6 Å². The Morgan fingerprint density at radius 3 is 2.23 bits per heavy atom. The number of aromatic nitrogens is 1. The lowest BCUT2D eigenvalue weighted by molar-refractivity contribution is -0.115. The summed E-state index contributed by atoms with van der Waals surface area (Å²) in [5.74, 6) is -1.05. The normalized spacial score (nSPS) is 11.9. The largest absolute Gasteiger partial charge is 0.321 e. The molecule has 0 spiro atoms. The first-order chi connectivity index (χ1) is 23.3. The number of nitrogens with zero attached hydrogens (tertiary/aromatic N) is 1. The van der Waals surface area contributed by atoms with Gasteiger partial charge in [0.1, 0.15) is 5.70 Å². The zero-order chi connectivity index (χ0) is 33.5. The van der Waals surface area contributed by atoms with Crippen LogP contribution < -0.4 is 16.0 Å². The quantitative estimate of drug-likeness (QED) is 0.100. The molecule has 0 aliphatic carbocycles. The van der Waals surface area contributed by atoms with Gasteiger partial charge in [-0.1, -0.05) is 96.3 Å². The smallest absolute Gasteiger partial charge is 0.272 e. The number of fused-ring (bicyclic) bond motifs is 1. The number of hydrogen-bond donors (Lipinski definition) is 3. The van der Waals surface area contributed by atoms with Gasteiger partial charge in [0.2, 0.25) is 5.91 Å². The highest BCUT2D eigenvalue weighted by atomic mass is 32.2. The van der Waals surface area contributed by atoms with E-state index in [-0.39, 0.29) is 11.6 Å². The standard InChI is InChI=1S/C39H32N4O3S2/c1-25-16-21-33-35(22-25)48-39(42-33)43-36(44)26(2)47-32-15-9-14-31(24-32)40-38(46)34(41-37(45)30-12-7-4-8-13-30)23-27-17-19-29(20-18-27)28-10-5-3-6-11-28/h3-24,26H,1-2H3,(H,40,46)(H,41,45)(H,42,43,44)/b34-23+. The van der Waals surface area contributed by atoms with Gasteiger partial charge in [-0.2, -0.15) is 0 Å². The molecule has 1 heterocycles. The first-order valence-electron chi connectivity index (χ1n) is 15.3. The molecule has 0 saturated heterocycles. The van der Waals surface area contributed by atoms with Gasteiger partial charge in [-0.05, 0) is 84.6 Å². The average molecular weight is 669 g/mol. The van der Waals surface area contributed by atoms with Gasteiger partial charge in [0, 0.05) is 16.1 Å². The summed E-state index contributed by atoms with van der Waals surface area (Å²) in [5, 5.41) is 8.77. The van der Waals surface area contributed by atoms with E-state index >= 15 is 0 Å². The Balaban J connectivity index is 1.16. The van der Waals surface area contributed by atoms with Crippen LogP contribution in [0, 0.1) is 6.92 Å². The van der Waals surface area contributed by atoms with Gasteiger partial charge in [-0.3, -0.25) is 14.4 Å². The lowest BCUT2D eigenvalue weighted by atomic mass is 10.0. The number of carbonyl (C=O) groups excluding carboxylic acids is 3. The van der Waals surface area contributed by atoms with Crippen molar-refractivity contribution in [1.82, 2.24) is 10.3 Å². The van der Waals surface area contributed by atoms with Crippen molar-refractivity contribution in [2.45, 2.75) is 24.0 Å². The third-order valence-corrected chi connectivity index (χ3v) is 9.43. The molecule has 0 saturated carbocycles. The molecule has 238 valence electrons. The van der Waals surface area contributed by atoms with Crippen LogP contribution in [-0.4, -0.2) is 28.0 Å². The van der Waals surface area contributed by atoms with Crippen LogP contribution in [0.15, 0.2) is 138 Å². The molecule has 7 nitrogen and oxygen atoms in total. The van der Waals surface area contributed by atoms with E-state index in [2.05, 4.69) is 27.0 Å². The number of nitrogens with one attached hydrogen (secondary N) is 3. The number of thioether (sulfide) groups is 1. The van der Waals surface area contributed by atoms with Crippen molar-refractivity contribution in [3.05, 3.63) is 150 Å². The highest BCUT2D eigenvalue weighted by Gasteiger charge is 2.18. The molecule has 3 amide bonds. The molecule has 5 aromatic carbocycles. The summed E-state index contributed by atoms with van der Waals surface area (Å²) < 4.78 is 1.02. The predicted octanol–water partition coefficient (Wildman–Crippen LogP) is 8.80. The lowest BCUT2D eigenvalue weighted by Crippen LogP contribution is -2.30. The highest BCUT2D eigenvalue weighted by molar-refractivity contribution is 8.00. The number of thiazole rings is 1. The van der Waals surface area contributed by atoms with Gasteiger partial charge in [-0.25, -0.2) is 4.98 Å². The summed E-state index contributed by atoms with van der Waals surface area (Å²) in [7, 11) is 0. The van der Waals surface area contributed by atoms with E-state index < -0.39 is 17.1 Å². The van der Waals surface area contributed by atoms with Crippen molar-refractivity contribution in [1.29, 1.82) is 0 Å². The number of hydrogen-bond acceptors (Lipinski definition) is 6. The van der Waals surface area contributed by atoms with Crippen molar-refractivity contribution in [3.8, 4) is 11.1 Å². The second-order valence-electron chi connectivity index (χ2n) is 11.1. The molecule has 6 aromatic rings. The van der Waals surface area contributed by atoms with Gasteiger partial charge in [0.05, 0.1) is 15.5 Å². The fourth-order valence-electron chi connectivity index (χ4n) is 4.91. The number of anilines is 2. The summed E-state index contributed by atoms with van der Waals surface area (Å²) in [4.78, 5) is 45.1. The van der Waals surface area contributed by atoms with E-state index in [1.807, 2.05) is 98.8 Å². The van der Waals surface area contributed by atoms with Crippen LogP contribution in [-0.2, 0) is 9.59 Å². The molecule has 6 rings (SSSR count). The molecule has 0 aliphatic heterocycles. The maximum atomic E-state index is 13.6. The number of carbonyl (C=O) groups is 3. The number of benzene rings is 5. The van der Waals surface area contributed by atoms with Gasteiger partial charge < -0.3 is 16.0 Å². The molecule has 3 N–H and O–H groups in total. The first kappa shape index (κ1) is 32.4. The number of rotatable bonds is 10. The Kier molecular flexibility index (Phi) is 10.1. The predicted molar refractivity (Wildman–Crippen MR) is 197 cm³/mol. The lowest BCUT2D eigenvalue weighted by Gasteiger charge is -2.14. The van der Waals surface area contributed by atoms with Crippen LogP contribution in [0.1, 0.15) is 28.4 Å². The third-order valence-electron chi connectivity index (χ3n) is 7.41. The summed E-state index contributed by atoms with van der Waals surface area (Å²) in [5.41, 5.74) is 5.91. The molecule has 1 unspecified atom stereocenters. The Morgan fingerprint density at radius 2 is 1.48 bits per heavy atom. The molecule has 0 aliphatic rings. The van der Waals surface area contributed by atoms with Crippen molar-refractivity contribution in [3.63, 3.8) is 0 Å². The molecule has 48 heavy (non-hydrogen) atoms. The van der Waals surface area contributed by atoms with E-state index in [0.29, 0.717) is 16.4 Å².